The second-order valence-corrected chi connectivity index (χ2v) is 7.82. The van der Waals surface area contributed by atoms with Crippen LogP contribution < -0.4 is 4.90 Å². The molecule has 1 saturated heterocycles. The molecule has 0 aliphatic carbocycles. The number of imidazole rings is 1. The third-order valence-corrected chi connectivity index (χ3v) is 5.97. The Balaban J connectivity index is 1.42. The quantitative estimate of drug-likeness (QED) is 0.621. The number of piperazine rings is 1. The van der Waals surface area contributed by atoms with Gasteiger partial charge in [0.05, 0.1) is 18.3 Å². The highest BCUT2D eigenvalue weighted by Gasteiger charge is 2.19. The Morgan fingerprint density at radius 1 is 1.03 bits per heavy atom. The van der Waals surface area contributed by atoms with Crippen LogP contribution >= 0.6 is 12.2 Å². The van der Waals surface area contributed by atoms with Crippen LogP contribution in [0.3, 0.4) is 0 Å². The highest BCUT2D eigenvalue weighted by molar-refractivity contribution is 7.71. The third kappa shape index (κ3) is 4.09. The smallest absolute Gasteiger partial charge is 0.185 e. The molecule has 3 heterocycles. The fraction of sp³-hybridized carbons (Fsp3) is 0.318. The van der Waals surface area contributed by atoms with Crippen LogP contribution in [-0.4, -0.2) is 45.2 Å². The van der Waals surface area contributed by atoms with Gasteiger partial charge in [0, 0.05) is 50.5 Å². The lowest BCUT2D eigenvalue weighted by Crippen LogP contribution is -2.47. The van der Waals surface area contributed by atoms with Crippen LogP contribution in [0.5, 0.6) is 0 Å². The molecule has 0 N–H and O–H groups in total. The molecule has 1 aliphatic rings. The number of nitriles is 1. The Bertz CT molecular complexity index is 1110. The summed E-state index contributed by atoms with van der Waals surface area (Å²) in [5.74, 6) is 0.876. The number of hydrogen-bond acceptors (Lipinski definition) is 5. The van der Waals surface area contributed by atoms with E-state index in [9.17, 15) is 0 Å². The van der Waals surface area contributed by atoms with Gasteiger partial charge in [0.2, 0.25) is 0 Å². The molecule has 0 spiro atoms. The van der Waals surface area contributed by atoms with Gasteiger partial charge in [-0.25, -0.2) is 4.98 Å². The van der Waals surface area contributed by atoms with Gasteiger partial charge in [0.15, 0.2) is 4.77 Å². The highest BCUT2D eigenvalue weighted by atomic mass is 32.1. The largest absolute Gasteiger partial charge is 0.354 e. The van der Waals surface area contributed by atoms with E-state index in [4.69, 9.17) is 17.5 Å². The van der Waals surface area contributed by atoms with Crippen molar-refractivity contribution in [3.05, 3.63) is 70.4 Å². The third-order valence-electron chi connectivity index (χ3n) is 5.54. The molecule has 0 radical (unpaired) electrons. The van der Waals surface area contributed by atoms with E-state index in [0.717, 1.165) is 49.1 Å². The van der Waals surface area contributed by atoms with E-state index in [1.54, 1.807) is 12.3 Å². The number of anilines is 1. The summed E-state index contributed by atoms with van der Waals surface area (Å²) in [5, 5.41) is 9.09. The van der Waals surface area contributed by atoms with Crippen molar-refractivity contribution in [2.75, 3.05) is 31.1 Å². The summed E-state index contributed by atoms with van der Waals surface area (Å²) in [6, 6.07) is 12.2. The fourth-order valence-electron chi connectivity index (χ4n) is 3.59. The Kier molecular flexibility index (Phi) is 5.47. The first-order valence-electron chi connectivity index (χ1n) is 9.74. The number of nitrogens with zero attached hydrogens (tertiary/aromatic N) is 6. The van der Waals surface area contributed by atoms with Gasteiger partial charge in [-0.3, -0.25) is 9.47 Å². The van der Waals surface area contributed by atoms with Crippen molar-refractivity contribution in [1.29, 1.82) is 5.26 Å². The Morgan fingerprint density at radius 3 is 2.55 bits per heavy atom. The topological polar surface area (TPSA) is 53.0 Å². The van der Waals surface area contributed by atoms with Gasteiger partial charge >= 0.3 is 0 Å². The van der Waals surface area contributed by atoms with Gasteiger partial charge in [0.1, 0.15) is 5.82 Å². The average molecular weight is 405 g/mol. The van der Waals surface area contributed by atoms with Gasteiger partial charge < -0.3 is 9.47 Å². The van der Waals surface area contributed by atoms with Crippen molar-refractivity contribution in [2.45, 2.75) is 20.5 Å². The molecule has 0 unspecified atom stereocenters. The minimum Gasteiger partial charge on any atom is -0.354 e. The van der Waals surface area contributed by atoms with Gasteiger partial charge in [-0.15, -0.1) is 0 Å². The number of pyridine rings is 1. The fourth-order valence-corrected chi connectivity index (χ4v) is 3.87. The maximum absolute atomic E-state index is 9.09. The van der Waals surface area contributed by atoms with Crippen LogP contribution in [0, 0.1) is 29.9 Å². The van der Waals surface area contributed by atoms with Crippen molar-refractivity contribution >= 4 is 18.0 Å². The van der Waals surface area contributed by atoms with Crippen molar-refractivity contribution in [1.82, 2.24) is 19.0 Å². The molecule has 0 atom stereocenters. The van der Waals surface area contributed by atoms with E-state index in [0.29, 0.717) is 5.56 Å². The molecule has 148 valence electrons. The molecule has 3 aromatic rings. The maximum Gasteiger partial charge on any atom is 0.185 e. The first-order valence-corrected chi connectivity index (χ1v) is 10.1. The summed E-state index contributed by atoms with van der Waals surface area (Å²) >= 11 is 5.73. The zero-order valence-corrected chi connectivity index (χ0v) is 17.6. The van der Waals surface area contributed by atoms with Crippen LogP contribution in [0.2, 0.25) is 0 Å². The molecule has 1 aliphatic heterocycles. The lowest BCUT2D eigenvalue weighted by Gasteiger charge is -2.35. The first kappa shape index (κ1) is 19.4. The summed E-state index contributed by atoms with van der Waals surface area (Å²) in [4.78, 5) is 9.04. The lowest BCUT2D eigenvalue weighted by molar-refractivity contribution is 0.204. The molecule has 7 heteroatoms. The van der Waals surface area contributed by atoms with Crippen LogP contribution in [-0.2, 0) is 6.67 Å². The van der Waals surface area contributed by atoms with Crippen molar-refractivity contribution < 1.29 is 0 Å². The number of benzene rings is 1. The molecule has 0 bridgehead atoms. The molecular weight excluding hydrogens is 380 g/mol. The molecule has 0 amide bonds. The number of rotatable bonds is 4. The van der Waals surface area contributed by atoms with Gasteiger partial charge in [-0.05, 0) is 61.5 Å². The summed E-state index contributed by atoms with van der Waals surface area (Å²) in [6.45, 7) is 8.63. The predicted octanol–water partition coefficient (Wildman–Crippen LogP) is 3.67. The van der Waals surface area contributed by atoms with Gasteiger partial charge in [0.25, 0.3) is 0 Å². The van der Waals surface area contributed by atoms with Crippen LogP contribution in [0.15, 0.2) is 48.9 Å². The molecule has 1 fully saturated rings. The SMILES string of the molecule is Cc1ccc(-n2ccn(CN3CCN(c4cc(C#N)ccn4)CC3)c2=S)cc1C. The first-order chi connectivity index (χ1) is 14.0. The Labute approximate surface area is 176 Å². The van der Waals surface area contributed by atoms with Crippen molar-refractivity contribution in [3.8, 4) is 11.8 Å². The molecular formula is C22H24N6S. The number of aromatic nitrogens is 3. The highest BCUT2D eigenvalue weighted by Crippen LogP contribution is 2.17. The van der Waals surface area contributed by atoms with E-state index >= 15 is 0 Å². The molecule has 1 aromatic carbocycles. The molecule has 2 aromatic heterocycles. The summed E-state index contributed by atoms with van der Waals surface area (Å²) < 4.78 is 4.99. The second kappa shape index (κ2) is 8.19. The molecule has 4 rings (SSSR count). The van der Waals surface area contributed by atoms with E-state index in [-0.39, 0.29) is 0 Å². The van der Waals surface area contributed by atoms with Crippen LogP contribution in [0.4, 0.5) is 5.82 Å². The second-order valence-electron chi connectivity index (χ2n) is 7.45. The van der Waals surface area contributed by atoms with E-state index < -0.39 is 0 Å². The Hall–Kier alpha value is -2.95. The van der Waals surface area contributed by atoms with E-state index in [1.165, 1.54) is 11.1 Å². The molecule has 6 nitrogen and oxygen atoms in total. The van der Waals surface area contributed by atoms with E-state index in [1.807, 2.05) is 12.3 Å². The minimum atomic E-state index is 0.649. The number of aryl methyl sites for hydroxylation is 2. The van der Waals surface area contributed by atoms with Crippen LogP contribution in [0.25, 0.3) is 5.69 Å². The lowest BCUT2D eigenvalue weighted by atomic mass is 10.1. The number of hydrogen-bond donors (Lipinski definition) is 0. The zero-order chi connectivity index (χ0) is 20.4. The summed E-state index contributed by atoms with van der Waals surface area (Å²) in [6.07, 6.45) is 5.80. The zero-order valence-electron chi connectivity index (χ0n) is 16.7. The van der Waals surface area contributed by atoms with Crippen molar-refractivity contribution in [3.63, 3.8) is 0 Å². The van der Waals surface area contributed by atoms with Gasteiger partial charge in [-0.2, -0.15) is 5.26 Å². The minimum absolute atomic E-state index is 0.649. The van der Waals surface area contributed by atoms with Crippen molar-refractivity contribution in [2.24, 2.45) is 0 Å². The summed E-state index contributed by atoms with van der Waals surface area (Å²) in [7, 11) is 0. The monoisotopic (exact) mass is 404 g/mol. The van der Waals surface area contributed by atoms with Gasteiger partial charge in [-0.1, -0.05) is 6.07 Å². The average Bonchev–Trinajstić information content (AvgIpc) is 3.11. The summed E-state index contributed by atoms with van der Waals surface area (Å²) in [5.41, 5.74) is 4.30. The predicted molar refractivity (Wildman–Crippen MR) is 117 cm³/mol. The standard InChI is InChI=1S/C22H24N6S/c1-17-3-4-20(13-18(17)2)28-12-11-27(22(28)29)16-25-7-9-26(10-8-25)21-14-19(15-23)5-6-24-21/h3-6,11-14H,7-10,16H2,1-2H3. The maximum atomic E-state index is 9.09. The van der Waals surface area contributed by atoms with Crippen LogP contribution in [0.1, 0.15) is 16.7 Å². The Morgan fingerprint density at radius 2 is 1.83 bits per heavy atom. The normalized spacial score (nSPS) is 14.7. The molecule has 29 heavy (non-hydrogen) atoms. The molecule has 0 saturated carbocycles. The van der Waals surface area contributed by atoms with E-state index in [2.05, 4.69) is 68.2 Å².